The molecule has 0 radical (unpaired) electrons. The van der Waals surface area contributed by atoms with Crippen LogP contribution in [-0.4, -0.2) is 41.2 Å². The van der Waals surface area contributed by atoms with Gasteiger partial charge in [-0.05, 0) is 58.9 Å². The summed E-state index contributed by atoms with van der Waals surface area (Å²) in [5.41, 5.74) is 4.53. The number of esters is 1. The minimum Gasteiger partial charge on any atom is -0.467 e. The van der Waals surface area contributed by atoms with Gasteiger partial charge in [0, 0.05) is 35.4 Å². The van der Waals surface area contributed by atoms with Crippen molar-refractivity contribution in [1.29, 1.82) is 0 Å². The SMILES string of the molecule is COC[C@H](C)n1c(C)cc(C(=O)COC(=O)c2cc(C)n(Cc3ccco3)c2C)c1C. The number of aryl methyl sites for hydroxylation is 2. The van der Waals surface area contributed by atoms with Crippen molar-refractivity contribution in [2.45, 2.75) is 47.2 Å². The Morgan fingerprint density at radius 2 is 1.77 bits per heavy atom. The lowest BCUT2D eigenvalue weighted by molar-refractivity contribution is 0.0473. The predicted octanol–water partition coefficient (Wildman–Crippen LogP) is 4.41. The zero-order valence-electron chi connectivity index (χ0n) is 19.0. The maximum absolute atomic E-state index is 12.8. The molecule has 0 fully saturated rings. The second-order valence-electron chi connectivity index (χ2n) is 7.91. The van der Waals surface area contributed by atoms with Gasteiger partial charge >= 0.3 is 5.97 Å². The van der Waals surface area contributed by atoms with Crippen LogP contribution >= 0.6 is 0 Å². The van der Waals surface area contributed by atoms with Gasteiger partial charge in [0.2, 0.25) is 5.78 Å². The van der Waals surface area contributed by atoms with Crippen LogP contribution in [0, 0.1) is 27.7 Å². The third kappa shape index (κ3) is 4.66. The Kier molecular flexibility index (Phi) is 6.85. The highest BCUT2D eigenvalue weighted by Gasteiger charge is 2.22. The maximum atomic E-state index is 12.8. The summed E-state index contributed by atoms with van der Waals surface area (Å²) in [6, 6.07) is 7.45. The number of hydrogen-bond donors (Lipinski definition) is 0. The summed E-state index contributed by atoms with van der Waals surface area (Å²) in [6.45, 7) is 10.5. The third-order valence-electron chi connectivity index (χ3n) is 5.66. The average Bonchev–Trinajstić information content (AvgIpc) is 3.41. The van der Waals surface area contributed by atoms with Gasteiger partial charge in [0.1, 0.15) is 5.76 Å². The van der Waals surface area contributed by atoms with Crippen molar-refractivity contribution >= 4 is 11.8 Å². The normalized spacial score (nSPS) is 12.2. The van der Waals surface area contributed by atoms with Crippen LogP contribution in [0.5, 0.6) is 0 Å². The van der Waals surface area contributed by atoms with Gasteiger partial charge in [0.15, 0.2) is 6.61 Å². The molecule has 166 valence electrons. The monoisotopic (exact) mass is 426 g/mol. The van der Waals surface area contributed by atoms with E-state index in [-0.39, 0.29) is 18.4 Å². The van der Waals surface area contributed by atoms with Crippen LogP contribution in [0.3, 0.4) is 0 Å². The van der Waals surface area contributed by atoms with Crippen molar-refractivity contribution in [2.24, 2.45) is 0 Å². The van der Waals surface area contributed by atoms with Gasteiger partial charge in [-0.1, -0.05) is 0 Å². The van der Waals surface area contributed by atoms with Gasteiger partial charge < -0.3 is 23.0 Å². The molecule has 1 atom stereocenters. The largest absolute Gasteiger partial charge is 0.467 e. The Labute approximate surface area is 182 Å². The molecule has 3 heterocycles. The van der Waals surface area contributed by atoms with Gasteiger partial charge in [-0.15, -0.1) is 0 Å². The molecule has 0 saturated heterocycles. The molecule has 0 bridgehead atoms. The number of carbonyl (C=O) groups is 2. The van der Waals surface area contributed by atoms with Crippen molar-refractivity contribution < 1.29 is 23.5 Å². The molecule has 7 nitrogen and oxygen atoms in total. The summed E-state index contributed by atoms with van der Waals surface area (Å²) < 4.78 is 20.1. The van der Waals surface area contributed by atoms with Crippen LogP contribution in [0.15, 0.2) is 34.9 Å². The number of methoxy groups -OCH3 is 1. The molecule has 3 aromatic heterocycles. The van der Waals surface area contributed by atoms with Crippen LogP contribution in [0.2, 0.25) is 0 Å². The summed E-state index contributed by atoms with van der Waals surface area (Å²) in [7, 11) is 1.65. The maximum Gasteiger partial charge on any atom is 0.340 e. The number of furan rings is 1. The zero-order chi connectivity index (χ0) is 22.7. The molecule has 0 aliphatic heterocycles. The fourth-order valence-electron chi connectivity index (χ4n) is 4.15. The van der Waals surface area contributed by atoms with Crippen molar-refractivity contribution in [1.82, 2.24) is 9.13 Å². The van der Waals surface area contributed by atoms with Gasteiger partial charge in [-0.25, -0.2) is 4.79 Å². The molecule has 0 saturated carbocycles. The number of ketones is 1. The lowest BCUT2D eigenvalue weighted by Gasteiger charge is -2.17. The second-order valence-corrected chi connectivity index (χ2v) is 7.91. The molecule has 0 N–H and O–H groups in total. The standard InChI is InChI=1S/C24H30N2O5/c1-15-10-22(18(4)25(15)12-20-8-7-9-30-20)24(28)31-14-23(27)21-11-16(2)26(19(21)5)17(3)13-29-6/h7-11,17H,12-14H2,1-6H3/t17-/m0/s1. The minimum absolute atomic E-state index is 0.105. The molecule has 3 rings (SSSR count). The quantitative estimate of drug-likeness (QED) is 0.374. The van der Waals surface area contributed by atoms with Gasteiger partial charge in [-0.2, -0.15) is 0 Å². The number of ether oxygens (including phenoxy) is 2. The molecule has 0 aromatic carbocycles. The molecule has 3 aromatic rings. The Balaban J connectivity index is 1.70. The molecule has 7 heteroatoms. The molecule has 0 spiro atoms. The van der Waals surface area contributed by atoms with E-state index in [1.54, 1.807) is 19.4 Å². The first-order chi connectivity index (χ1) is 14.7. The van der Waals surface area contributed by atoms with Crippen molar-refractivity contribution in [3.63, 3.8) is 0 Å². The molecule has 31 heavy (non-hydrogen) atoms. The second kappa shape index (κ2) is 9.39. The van der Waals surface area contributed by atoms with Gasteiger partial charge in [-0.3, -0.25) is 4.79 Å². The van der Waals surface area contributed by atoms with E-state index < -0.39 is 5.97 Å². The highest BCUT2D eigenvalue weighted by atomic mass is 16.5. The Bertz CT molecular complexity index is 1070. The minimum atomic E-state index is -0.506. The summed E-state index contributed by atoms with van der Waals surface area (Å²) >= 11 is 0. The zero-order valence-corrected chi connectivity index (χ0v) is 19.0. The van der Waals surface area contributed by atoms with E-state index in [1.807, 2.05) is 57.4 Å². The van der Waals surface area contributed by atoms with Crippen LogP contribution in [0.1, 0.15) is 62.2 Å². The molecule has 0 amide bonds. The first-order valence-corrected chi connectivity index (χ1v) is 10.3. The molecule has 0 aliphatic carbocycles. The average molecular weight is 427 g/mol. The number of rotatable bonds is 9. The van der Waals surface area contributed by atoms with E-state index >= 15 is 0 Å². The fourth-order valence-corrected chi connectivity index (χ4v) is 4.15. The number of carbonyl (C=O) groups excluding carboxylic acids is 2. The topological polar surface area (TPSA) is 75.6 Å². The van der Waals surface area contributed by atoms with E-state index in [0.717, 1.165) is 28.5 Å². The Hall–Kier alpha value is -3.06. The highest BCUT2D eigenvalue weighted by molar-refractivity contribution is 6.00. The van der Waals surface area contributed by atoms with Gasteiger partial charge in [0.25, 0.3) is 0 Å². The van der Waals surface area contributed by atoms with Crippen LogP contribution in [-0.2, 0) is 16.0 Å². The molecule has 0 unspecified atom stereocenters. The van der Waals surface area contributed by atoms with E-state index in [0.29, 0.717) is 24.3 Å². The summed E-state index contributed by atoms with van der Waals surface area (Å²) in [6.07, 6.45) is 1.62. The number of Topliss-reactive ketones (excluding diaryl/α,β-unsaturated/α-hetero) is 1. The van der Waals surface area contributed by atoms with Gasteiger partial charge in [0.05, 0.1) is 31.0 Å². The van der Waals surface area contributed by atoms with E-state index in [4.69, 9.17) is 13.9 Å². The van der Waals surface area contributed by atoms with Crippen LogP contribution in [0.25, 0.3) is 0 Å². The van der Waals surface area contributed by atoms with Crippen molar-refractivity contribution in [3.8, 4) is 0 Å². The lowest BCUT2D eigenvalue weighted by atomic mass is 10.1. The summed E-state index contributed by atoms with van der Waals surface area (Å²) in [4.78, 5) is 25.5. The number of hydrogen-bond acceptors (Lipinski definition) is 5. The predicted molar refractivity (Wildman–Crippen MR) is 117 cm³/mol. The lowest BCUT2D eigenvalue weighted by Crippen LogP contribution is -2.17. The van der Waals surface area contributed by atoms with Crippen molar-refractivity contribution in [2.75, 3.05) is 20.3 Å². The van der Waals surface area contributed by atoms with Crippen LogP contribution < -0.4 is 0 Å². The highest BCUT2D eigenvalue weighted by Crippen LogP contribution is 2.22. The van der Waals surface area contributed by atoms with E-state index in [1.165, 1.54) is 0 Å². The molecular weight excluding hydrogens is 396 g/mol. The Morgan fingerprint density at radius 3 is 2.42 bits per heavy atom. The van der Waals surface area contributed by atoms with Crippen molar-refractivity contribution in [3.05, 3.63) is 70.2 Å². The Morgan fingerprint density at radius 1 is 1.06 bits per heavy atom. The summed E-state index contributed by atoms with van der Waals surface area (Å²) in [5, 5.41) is 0. The smallest absolute Gasteiger partial charge is 0.340 e. The van der Waals surface area contributed by atoms with E-state index in [9.17, 15) is 9.59 Å². The third-order valence-corrected chi connectivity index (χ3v) is 5.66. The van der Waals surface area contributed by atoms with Crippen LogP contribution in [0.4, 0.5) is 0 Å². The molecule has 0 aliphatic rings. The first kappa shape index (κ1) is 22.6. The number of aromatic nitrogens is 2. The molecular formula is C24H30N2O5. The van der Waals surface area contributed by atoms with E-state index in [2.05, 4.69) is 4.57 Å². The number of nitrogens with zero attached hydrogens (tertiary/aromatic N) is 2. The summed E-state index contributed by atoms with van der Waals surface area (Å²) in [5.74, 6) is 0.0744. The fraction of sp³-hybridized carbons (Fsp3) is 0.417. The first-order valence-electron chi connectivity index (χ1n) is 10.3.